The van der Waals surface area contributed by atoms with Gasteiger partial charge in [-0.25, -0.2) is 0 Å². The number of rotatable bonds is 14. The smallest absolute Gasteiger partial charge is 0.00671 e. The molecular weight excluding hydrogens is 482 g/mol. The number of terminal acetylenes is 1. The highest BCUT2D eigenvalue weighted by atomic mass is 15.1. The van der Waals surface area contributed by atoms with Crippen LogP contribution in [0.5, 0.6) is 0 Å². The summed E-state index contributed by atoms with van der Waals surface area (Å²) in [5, 5.41) is 0. The third-order valence-corrected chi connectivity index (χ3v) is 10.6. The van der Waals surface area contributed by atoms with Crippen molar-refractivity contribution in [2.24, 2.45) is 29.1 Å². The molecule has 0 radical (unpaired) electrons. The van der Waals surface area contributed by atoms with Gasteiger partial charge in [-0.15, -0.1) is 12.8 Å². The van der Waals surface area contributed by atoms with Crippen molar-refractivity contribution in [2.45, 2.75) is 160 Å². The van der Waals surface area contributed by atoms with Crippen molar-refractivity contribution in [3.05, 3.63) is 34.4 Å². The van der Waals surface area contributed by atoms with Gasteiger partial charge in [-0.3, -0.25) is 0 Å². The SMILES string of the molecule is C#C.CC.CCCC(CCC(C)N(CCC1(C)c2c(C)ccc(CC)c2CC1C)CC(C)CC)[C@@H](C)C(C)(C)C. The summed E-state index contributed by atoms with van der Waals surface area (Å²) in [4.78, 5) is 2.88. The summed E-state index contributed by atoms with van der Waals surface area (Å²) in [6.45, 7) is 35.8. The first-order valence-electron chi connectivity index (χ1n) is 17.0. The maximum atomic E-state index is 4.00. The molecule has 1 aliphatic carbocycles. The lowest BCUT2D eigenvalue weighted by Gasteiger charge is -2.39. The van der Waals surface area contributed by atoms with Gasteiger partial charge in [0, 0.05) is 12.6 Å². The zero-order valence-corrected chi connectivity index (χ0v) is 29.7. The molecule has 0 N–H and O–H groups in total. The van der Waals surface area contributed by atoms with Crippen molar-refractivity contribution < 1.29 is 0 Å². The topological polar surface area (TPSA) is 3.24 Å². The lowest BCUT2D eigenvalue weighted by atomic mass is 9.71. The largest absolute Gasteiger partial charge is 0.300 e. The first-order valence-corrected chi connectivity index (χ1v) is 17.0. The van der Waals surface area contributed by atoms with Gasteiger partial charge in [0.25, 0.3) is 0 Å². The summed E-state index contributed by atoms with van der Waals surface area (Å²) >= 11 is 0. The molecule has 0 aromatic heterocycles. The summed E-state index contributed by atoms with van der Waals surface area (Å²) in [5.74, 6) is 3.11. The monoisotopic (exact) mass is 554 g/mol. The van der Waals surface area contributed by atoms with Gasteiger partial charge in [0.1, 0.15) is 0 Å². The van der Waals surface area contributed by atoms with Gasteiger partial charge in [-0.1, -0.05) is 114 Å². The first-order chi connectivity index (χ1) is 18.8. The van der Waals surface area contributed by atoms with Crippen LogP contribution in [0.15, 0.2) is 12.1 Å². The Morgan fingerprint density at radius 2 is 1.60 bits per heavy atom. The van der Waals surface area contributed by atoms with Crippen LogP contribution in [0.25, 0.3) is 0 Å². The van der Waals surface area contributed by atoms with Crippen LogP contribution in [0, 0.1) is 48.9 Å². The average molecular weight is 554 g/mol. The quantitative estimate of drug-likeness (QED) is 0.207. The van der Waals surface area contributed by atoms with Crippen molar-refractivity contribution in [1.82, 2.24) is 4.90 Å². The fourth-order valence-electron chi connectivity index (χ4n) is 7.07. The van der Waals surface area contributed by atoms with Crippen molar-refractivity contribution in [2.75, 3.05) is 13.1 Å². The van der Waals surface area contributed by atoms with Crippen LogP contribution in [-0.4, -0.2) is 24.0 Å². The summed E-state index contributed by atoms with van der Waals surface area (Å²) in [6.07, 6.45) is 18.4. The first kappa shape index (κ1) is 38.7. The number of hydrogen-bond acceptors (Lipinski definition) is 1. The molecule has 0 heterocycles. The van der Waals surface area contributed by atoms with Crippen LogP contribution in [0.1, 0.15) is 151 Å². The molecular formula is C39H71N. The Balaban J connectivity index is 0.00000363. The number of nitrogens with zero attached hydrogens (tertiary/aromatic N) is 1. The van der Waals surface area contributed by atoms with Crippen LogP contribution in [0.3, 0.4) is 0 Å². The summed E-state index contributed by atoms with van der Waals surface area (Å²) in [7, 11) is 0. The lowest BCUT2D eigenvalue weighted by Crippen LogP contribution is -2.41. The Labute approximate surface area is 253 Å². The van der Waals surface area contributed by atoms with Crippen LogP contribution < -0.4 is 0 Å². The van der Waals surface area contributed by atoms with E-state index in [1.165, 1.54) is 63.6 Å². The maximum Gasteiger partial charge on any atom is 0.00671 e. The van der Waals surface area contributed by atoms with Crippen LogP contribution >= 0.6 is 0 Å². The van der Waals surface area contributed by atoms with Gasteiger partial charge >= 0.3 is 0 Å². The molecule has 0 amide bonds. The van der Waals surface area contributed by atoms with Crippen molar-refractivity contribution >= 4 is 0 Å². The molecule has 0 saturated carbocycles. The minimum Gasteiger partial charge on any atom is -0.300 e. The average Bonchev–Trinajstić information content (AvgIpc) is 3.20. The van der Waals surface area contributed by atoms with Gasteiger partial charge in [0.2, 0.25) is 0 Å². The molecule has 232 valence electrons. The summed E-state index contributed by atoms with van der Waals surface area (Å²) in [6, 6.07) is 5.46. The fraction of sp³-hybridized carbons (Fsp3) is 0.795. The molecule has 1 heteroatoms. The molecule has 2 rings (SSSR count). The zero-order chi connectivity index (χ0) is 31.3. The Kier molecular flexibility index (Phi) is 17.7. The molecule has 6 atom stereocenters. The molecule has 0 saturated heterocycles. The van der Waals surface area contributed by atoms with Gasteiger partial charge in [0.05, 0.1) is 0 Å². The minimum absolute atomic E-state index is 0.295. The zero-order valence-electron chi connectivity index (χ0n) is 29.7. The van der Waals surface area contributed by atoms with Crippen molar-refractivity contribution in [1.29, 1.82) is 0 Å². The van der Waals surface area contributed by atoms with Crippen molar-refractivity contribution in [3.8, 4) is 12.8 Å². The van der Waals surface area contributed by atoms with E-state index in [-0.39, 0.29) is 0 Å². The van der Waals surface area contributed by atoms with E-state index in [0.717, 1.165) is 30.1 Å². The van der Waals surface area contributed by atoms with E-state index in [1.807, 2.05) is 13.8 Å². The number of hydrogen-bond donors (Lipinski definition) is 0. The maximum absolute atomic E-state index is 4.00. The van der Waals surface area contributed by atoms with Gasteiger partial charge in [0.15, 0.2) is 0 Å². The van der Waals surface area contributed by atoms with E-state index in [9.17, 15) is 0 Å². The van der Waals surface area contributed by atoms with E-state index in [1.54, 1.807) is 16.7 Å². The standard InChI is InChI=1S/C35H63N.C2H6.C2H2/c1-13-16-31(29(8)34(9,10)11)20-18-28(7)36(24-25(4)14-2)22-21-35(12)27(6)23-32-30(15-3)19-17-26(5)33(32)35;2*1-2/h17,19,25,27-29,31H,13-16,18,20-24H2,1-12H3;1-2H3;1-2H/t25?,27?,28?,29-,31?,35?;;/m1../s1. The number of fused-ring (bicyclic) bond motifs is 1. The Morgan fingerprint density at radius 1 is 1.00 bits per heavy atom. The van der Waals surface area contributed by atoms with Gasteiger partial charge in [-0.05, 0) is 109 Å². The second-order valence-electron chi connectivity index (χ2n) is 14.2. The van der Waals surface area contributed by atoms with Gasteiger partial charge < -0.3 is 4.90 Å². The third kappa shape index (κ3) is 10.2. The van der Waals surface area contributed by atoms with E-state index in [0.29, 0.717) is 16.9 Å². The second-order valence-corrected chi connectivity index (χ2v) is 14.2. The van der Waals surface area contributed by atoms with E-state index in [2.05, 4.69) is 113 Å². The molecule has 1 nitrogen and oxygen atoms in total. The lowest BCUT2D eigenvalue weighted by molar-refractivity contribution is 0.120. The predicted octanol–water partition coefficient (Wildman–Crippen LogP) is 11.3. The summed E-state index contributed by atoms with van der Waals surface area (Å²) < 4.78 is 0. The fourth-order valence-corrected chi connectivity index (χ4v) is 7.07. The van der Waals surface area contributed by atoms with E-state index >= 15 is 0 Å². The van der Waals surface area contributed by atoms with E-state index < -0.39 is 0 Å². The highest BCUT2D eigenvalue weighted by Crippen LogP contribution is 2.48. The molecule has 1 aromatic carbocycles. The molecule has 1 aliphatic rings. The molecule has 0 spiro atoms. The second kappa shape index (κ2) is 18.3. The number of benzene rings is 1. The molecule has 0 fully saturated rings. The van der Waals surface area contributed by atoms with Crippen LogP contribution in [0.2, 0.25) is 0 Å². The van der Waals surface area contributed by atoms with Crippen LogP contribution in [-0.2, 0) is 18.3 Å². The molecule has 0 aliphatic heterocycles. The Hall–Kier alpha value is -1.26. The third-order valence-electron chi connectivity index (χ3n) is 10.6. The molecule has 5 unspecified atom stereocenters. The minimum atomic E-state index is 0.295. The molecule has 0 bridgehead atoms. The Bertz CT molecular complexity index is 842. The van der Waals surface area contributed by atoms with Crippen molar-refractivity contribution in [3.63, 3.8) is 0 Å². The Morgan fingerprint density at radius 3 is 2.10 bits per heavy atom. The highest BCUT2D eigenvalue weighted by molar-refractivity contribution is 5.49. The highest BCUT2D eigenvalue weighted by Gasteiger charge is 2.42. The van der Waals surface area contributed by atoms with E-state index in [4.69, 9.17) is 0 Å². The molecule has 40 heavy (non-hydrogen) atoms. The summed E-state index contributed by atoms with van der Waals surface area (Å²) in [5.41, 5.74) is 7.19. The molecule has 1 aromatic rings. The van der Waals surface area contributed by atoms with Crippen LogP contribution in [0.4, 0.5) is 0 Å². The normalized spacial score (nSPS) is 21.4. The number of aryl methyl sites for hydroxylation is 2. The van der Waals surface area contributed by atoms with Gasteiger partial charge in [-0.2, -0.15) is 0 Å². The predicted molar refractivity (Wildman–Crippen MR) is 183 cm³/mol.